The molecule has 190 valence electrons. The minimum atomic E-state index is -0.399. The first-order chi connectivity index (χ1) is 18.5. The molecule has 0 aliphatic rings. The highest BCUT2D eigenvalue weighted by molar-refractivity contribution is 7.80. The summed E-state index contributed by atoms with van der Waals surface area (Å²) in [5, 5.41) is 11.8. The summed E-state index contributed by atoms with van der Waals surface area (Å²) in [7, 11) is 1.59. The molecule has 0 heterocycles. The van der Waals surface area contributed by atoms with Gasteiger partial charge in [0.1, 0.15) is 5.75 Å². The third-order valence-electron chi connectivity index (χ3n) is 5.40. The van der Waals surface area contributed by atoms with Gasteiger partial charge in [-0.1, -0.05) is 42.5 Å². The van der Waals surface area contributed by atoms with E-state index in [1.54, 1.807) is 37.5 Å². The van der Waals surface area contributed by atoms with Crippen LogP contribution in [-0.4, -0.2) is 24.0 Å². The summed E-state index contributed by atoms with van der Waals surface area (Å²) in [5.41, 5.74) is 4.21. The van der Waals surface area contributed by atoms with Crippen LogP contribution in [0.3, 0.4) is 0 Å². The fourth-order valence-electron chi connectivity index (χ4n) is 3.51. The van der Waals surface area contributed by atoms with Crippen LogP contribution in [0.4, 0.5) is 22.7 Å². The van der Waals surface area contributed by atoms with Gasteiger partial charge >= 0.3 is 0 Å². The summed E-state index contributed by atoms with van der Waals surface area (Å²) >= 11 is 5.29. The molecule has 0 bridgehead atoms. The number of methoxy groups -OCH3 is 1. The number of thiocarbonyl (C=S) groups is 1. The van der Waals surface area contributed by atoms with E-state index in [-0.39, 0.29) is 11.0 Å². The summed E-state index contributed by atoms with van der Waals surface area (Å²) in [4.78, 5) is 25.3. The molecular formula is C30H26N4O3S. The maximum absolute atomic E-state index is 13.0. The number of hydrogen-bond acceptors (Lipinski definition) is 5. The van der Waals surface area contributed by atoms with Gasteiger partial charge in [0, 0.05) is 23.1 Å². The Morgan fingerprint density at radius 1 is 0.737 bits per heavy atom. The van der Waals surface area contributed by atoms with Gasteiger partial charge in [0.2, 0.25) is 5.91 Å². The van der Waals surface area contributed by atoms with Crippen LogP contribution in [0.1, 0.15) is 15.9 Å². The molecule has 0 spiro atoms. The molecule has 4 aromatic rings. The number of ether oxygens (including phenoxy) is 1. The normalized spacial score (nSPS) is 10.4. The van der Waals surface area contributed by atoms with E-state index in [2.05, 4.69) is 21.3 Å². The number of anilines is 4. The van der Waals surface area contributed by atoms with Gasteiger partial charge in [0.05, 0.1) is 18.4 Å². The Balaban J connectivity index is 1.34. The zero-order valence-corrected chi connectivity index (χ0v) is 21.4. The molecule has 0 aliphatic heterocycles. The molecule has 0 saturated heterocycles. The van der Waals surface area contributed by atoms with Gasteiger partial charge in [0.15, 0.2) is 5.11 Å². The molecule has 4 rings (SSSR count). The number of rotatable bonds is 8. The van der Waals surface area contributed by atoms with Gasteiger partial charge < -0.3 is 20.7 Å². The Morgan fingerprint density at radius 3 is 2.08 bits per heavy atom. The molecule has 0 radical (unpaired) electrons. The van der Waals surface area contributed by atoms with Crippen molar-refractivity contribution in [2.45, 2.75) is 0 Å². The minimum Gasteiger partial charge on any atom is -0.497 e. The average molecular weight is 523 g/mol. The van der Waals surface area contributed by atoms with Crippen molar-refractivity contribution >= 4 is 58.0 Å². The third-order valence-corrected chi connectivity index (χ3v) is 5.61. The van der Waals surface area contributed by atoms with E-state index >= 15 is 0 Å². The zero-order chi connectivity index (χ0) is 26.7. The van der Waals surface area contributed by atoms with Crippen LogP contribution in [0.15, 0.2) is 109 Å². The second-order valence-electron chi connectivity index (χ2n) is 8.12. The predicted octanol–water partition coefficient (Wildman–Crippen LogP) is 6.22. The predicted molar refractivity (Wildman–Crippen MR) is 157 cm³/mol. The van der Waals surface area contributed by atoms with Crippen LogP contribution in [0.25, 0.3) is 6.08 Å². The lowest BCUT2D eigenvalue weighted by molar-refractivity contribution is -0.115. The monoisotopic (exact) mass is 522 g/mol. The molecule has 8 heteroatoms. The molecule has 4 N–H and O–H groups in total. The van der Waals surface area contributed by atoms with Crippen molar-refractivity contribution in [2.24, 2.45) is 0 Å². The summed E-state index contributed by atoms with van der Waals surface area (Å²) in [5.74, 6) is 0.0200. The summed E-state index contributed by atoms with van der Waals surface area (Å²) in [6.45, 7) is 0. The fourth-order valence-corrected chi connectivity index (χ4v) is 3.72. The van der Waals surface area contributed by atoms with Crippen molar-refractivity contribution in [1.29, 1.82) is 0 Å². The lowest BCUT2D eigenvalue weighted by Gasteiger charge is -2.13. The topological polar surface area (TPSA) is 91.5 Å². The molecule has 0 saturated carbocycles. The largest absolute Gasteiger partial charge is 0.497 e. The van der Waals surface area contributed by atoms with E-state index in [0.717, 1.165) is 22.7 Å². The second kappa shape index (κ2) is 12.8. The van der Waals surface area contributed by atoms with E-state index in [4.69, 9.17) is 17.0 Å². The summed E-state index contributed by atoms with van der Waals surface area (Å²) in [6.07, 6.45) is 3.05. The van der Waals surface area contributed by atoms with Crippen LogP contribution in [0.2, 0.25) is 0 Å². The zero-order valence-electron chi connectivity index (χ0n) is 20.6. The smallest absolute Gasteiger partial charge is 0.257 e. The van der Waals surface area contributed by atoms with Gasteiger partial charge in [-0.25, -0.2) is 0 Å². The van der Waals surface area contributed by atoms with Crippen molar-refractivity contribution < 1.29 is 14.3 Å². The van der Waals surface area contributed by atoms with E-state index in [1.807, 2.05) is 78.9 Å². The van der Waals surface area contributed by atoms with Crippen LogP contribution < -0.4 is 26.0 Å². The molecule has 0 fully saturated rings. The second-order valence-corrected chi connectivity index (χ2v) is 8.53. The lowest BCUT2D eigenvalue weighted by atomic mass is 10.1. The number of carbonyl (C=O) groups excluding carboxylic acids is 2. The highest BCUT2D eigenvalue weighted by atomic mass is 32.1. The first-order valence-corrected chi connectivity index (χ1v) is 12.2. The van der Waals surface area contributed by atoms with E-state index in [1.165, 1.54) is 6.08 Å². The molecule has 0 aliphatic carbocycles. The van der Waals surface area contributed by atoms with Crippen molar-refractivity contribution in [2.75, 3.05) is 23.1 Å². The molecule has 0 atom stereocenters. The third kappa shape index (κ3) is 7.52. The van der Waals surface area contributed by atoms with E-state index in [0.29, 0.717) is 16.9 Å². The van der Waals surface area contributed by atoms with Gasteiger partial charge in [0.25, 0.3) is 5.91 Å². The SMILES string of the molecule is COc1ccc(/C=C/C(=O)NC(=S)Nc2ccccc2C(=O)Nc2ccc(Nc3ccccc3)cc2)cc1. The Labute approximate surface area is 226 Å². The highest BCUT2D eigenvalue weighted by Crippen LogP contribution is 2.21. The first-order valence-electron chi connectivity index (χ1n) is 11.8. The Kier molecular flexibility index (Phi) is 8.83. The highest BCUT2D eigenvalue weighted by Gasteiger charge is 2.13. The molecular weight excluding hydrogens is 496 g/mol. The van der Waals surface area contributed by atoms with Crippen LogP contribution >= 0.6 is 12.2 Å². The van der Waals surface area contributed by atoms with Crippen molar-refractivity contribution in [3.63, 3.8) is 0 Å². The van der Waals surface area contributed by atoms with E-state index < -0.39 is 5.91 Å². The van der Waals surface area contributed by atoms with Crippen molar-refractivity contribution in [3.8, 4) is 5.75 Å². The molecule has 7 nitrogen and oxygen atoms in total. The fraction of sp³-hybridized carbons (Fsp3) is 0.0333. The molecule has 2 amide bonds. The maximum Gasteiger partial charge on any atom is 0.257 e. The Bertz CT molecular complexity index is 1440. The van der Waals surface area contributed by atoms with E-state index in [9.17, 15) is 9.59 Å². The van der Waals surface area contributed by atoms with Crippen LogP contribution in [0, 0.1) is 0 Å². The molecule has 38 heavy (non-hydrogen) atoms. The minimum absolute atomic E-state index is 0.0750. The van der Waals surface area contributed by atoms with Gasteiger partial charge in [-0.15, -0.1) is 0 Å². The molecule has 0 aromatic heterocycles. The number of carbonyl (C=O) groups is 2. The number of hydrogen-bond donors (Lipinski definition) is 4. The average Bonchev–Trinajstić information content (AvgIpc) is 2.94. The quantitative estimate of drug-likeness (QED) is 0.162. The summed E-state index contributed by atoms with van der Waals surface area (Å²) < 4.78 is 5.13. The standard InChI is InChI=1S/C30H26N4O3S/c1-37-25-18-11-21(12-19-25)13-20-28(35)34-30(38)33-27-10-6-5-9-26(27)29(36)32-24-16-14-23(15-17-24)31-22-7-3-2-4-8-22/h2-20,31H,1H3,(H,32,36)(H2,33,34,35,38)/b20-13+. The number of amides is 2. The maximum atomic E-state index is 13.0. The van der Waals surface area contributed by atoms with Gasteiger partial charge in [-0.2, -0.15) is 0 Å². The lowest BCUT2D eigenvalue weighted by Crippen LogP contribution is -2.33. The van der Waals surface area contributed by atoms with Gasteiger partial charge in [-0.05, 0) is 84.5 Å². The van der Waals surface area contributed by atoms with Gasteiger partial charge in [-0.3, -0.25) is 14.9 Å². The first kappa shape index (κ1) is 26.1. The molecule has 4 aromatic carbocycles. The number of nitrogens with one attached hydrogen (secondary N) is 4. The number of benzene rings is 4. The number of para-hydroxylation sites is 2. The van der Waals surface area contributed by atoms with Crippen LogP contribution in [-0.2, 0) is 4.79 Å². The summed E-state index contributed by atoms with van der Waals surface area (Å²) in [6, 6.07) is 31.4. The Morgan fingerprint density at radius 2 is 1.37 bits per heavy atom. The van der Waals surface area contributed by atoms with Crippen molar-refractivity contribution in [3.05, 3.63) is 120 Å². The van der Waals surface area contributed by atoms with Crippen LogP contribution in [0.5, 0.6) is 5.75 Å². The molecule has 0 unspecified atom stereocenters. The Hall–Kier alpha value is -4.95. The van der Waals surface area contributed by atoms with Crippen molar-refractivity contribution in [1.82, 2.24) is 5.32 Å².